The third kappa shape index (κ3) is 2.15. The van der Waals surface area contributed by atoms with Gasteiger partial charge in [-0.25, -0.2) is 0 Å². The van der Waals surface area contributed by atoms with Crippen LogP contribution in [0.2, 0.25) is 0 Å². The molecule has 0 amide bonds. The number of para-hydroxylation sites is 1. The van der Waals surface area contributed by atoms with Gasteiger partial charge < -0.3 is 15.2 Å². The van der Waals surface area contributed by atoms with Crippen LogP contribution in [0, 0.1) is 0 Å². The number of nitrogens with zero attached hydrogens (tertiary/aromatic N) is 1. The third-order valence-electron chi connectivity index (χ3n) is 2.09. The number of hydrogen-bond donors (Lipinski definition) is 2. The molecule has 2 N–H and O–H groups in total. The van der Waals surface area contributed by atoms with Crippen LogP contribution in [-0.4, -0.2) is 29.8 Å². The van der Waals surface area contributed by atoms with E-state index in [0.29, 0.717) is 17.9 Å². The van der Waals surface area contributed by atoms with Crippen molar-refractivity contribution in [1.82, 2.24) is 5.32 Å². The van der Waals surface area contributed by atoms with Crippen molar-refractivity contribution in [3.63, 3.8) is 0 Å². The first-order valence-corrected chi connectivity index (χ1v) is 4.36. The van der Waals surface area contributed by atoms with E-state index in [9.17, 15) is 9.90 Å². The minimum absolute atomic E-state index is 0. The summed E-state index contributed by atoms with van der Waals surface area (Å²) in [4.78, 5) is 14.6. The monoisotopic (exact) mass is 206 g/mol. The molecule has 1 aliphatic rings. The highest BCUT2D eigenvalue weighted by atomic mass is 16.3. The van der Waals surface area contributed by atoms with E-state index < -0.39 is 0 Å². The summed E-state index contributed by atoms with van der Waals surface area (Å²) in [6.07, 6.45) is 0.816. The predicted octanol–water partition coefficient (Wildman–Crippen LogP) is 0.946. The van der Waals surface area contributed by atoms with E-state index in [1.807, 2.05) is 6.07 Å². The van der Waals surface area contributed by atoms with Crippen LogP contribution in [-0.2, 0) is 4.79 Å². The van der Waals surface area contributed by atoms with Gasteiger partial charge in [-0.2, -0.15) is 0 Å². The lowest BCUT2D eigenvalue weighted by molar-refractivity contribution is -0.108. The zero-order chi connectivity index (χ0) is 9.97. The van der Waals surface area contributed by atoms with Gasteiger partial charge in [0.15, 0.2) is 0 Å². The molecule has 1 aromatic rings. The molecule has 0 radical (unpaired) electrons. The average Bonchev–Trinajstić information content (AvgIpc) is 2.67. The summed E-state index contributed by atoms with van der Waals surface area (Å²) in [6.45, 7) is 0.438. The topological polar surface area (TPSA) is 61.7 Å². The number of phenols is 1. The molecule has 1 aromatic carbocycles. The molecular formula is C11H14N2O2. The molecule has 15 heavy (non-hydrogen) atoms. The van der Waals surface area contributed by atoms with Gasteiger partial charge in [0.05, 0.1) is 12.1 Å². The van der Waals surface area contributed by atoms with Gasteiger partial charge in [0.25, 0.3) is 0 Å². The minimum atomic E-state index is -0.260. The number of aliphatic imine (C=N–C) groups is 1. The molecule has 0 aliphatic carbocycles. The zero-order valence-corrected chi connectivity index (χ0v) is 7.47. The van der Waals surface area contributed by atoms with Crippen molar-refractivity contribution >= 4 is 12.1 Å². The number of hydrogen-bond acceptors (Lipinski definition) is 4. The number of carbonyl (C=O) groups excluding carboxylic acids is 1. The number of rotatable bonds is 2. The van der Waals surface area contributed by atoms with Gasteiger partial charge in [0.1, 0.15) is 23.9 Å². The smallest absolute Gasteiger partial charge is 0.144 e. The molecule has 0 fully saturated rings. The van der Waals surface area contributed by atoms with Crippen LogP contribution in [0.5, 0.6) is 5.75 Å². The second kappa shape index (κ2) is 4.59. The minimum Gasteiger partial charge on any atom is -0.507 e. The van der Waals surface area contributed by atoms with E-state index >= 15 is 0 Å². The van der Waals surface area contributed by atoms with Crippen LogP contribution >= 0.6 is 0 Å². The summed E-state index contributed by atoms with van der Waals surface area (Å²) in [7, 11) is 0. The van der Waals surface area contributed by atoms with Gasteiger partial charge in [-0.1, -0.05) is 19.6 Å². The van der Waals surface area contributed by atoms with E-state index in [2.05, 4.69) is 10.3 Å². The molecule has 2 rings (SSSR count). The van der Waals surface area contributed by atoms with Crippen LogP contribution in [0.3, 0.4) is 0 Å². The molecule has 0 aromatic heterocycles. The molecule has 1 atom stereocenters. The first-order valence-electron chi connectivity index (χ1n) is 4.36. The number of nitrogens with one attached hydrogen (secondary N) is 1. The Morgan fingerprint density at radius 3 is 2.80 bits per heavy atom. The fourth-order valence-corrected chi connectivity index (χ4v) is 1.37. The third-order valence-corrected chi connectivity index (χ3v) is 2.09. The van der Waals surface area contributed by atoms with Crippen LogP contribution in [0.4, 0.5) is 0 Å². The van der Waals surface area contributed by atoms with E-state index in [4.69, 9.17) is 0 Å². The average molecular weight is 206 g/mol. The Balaban J connectivity index is 0.00000112. The first-order chi connectivity index (χ1) is 6.81. The number of aldehydes is 1. The molecule has 0 bridgehead atoms. The van der Waals surface area contributed by atoms with Crippen molar-refractivity contribution in [1.29, 1.82) is 0 Å². The van der Waals surface area contributed by atoms with E-state index in [1.165, 1.54) is 0 Å². The summed E-state index contributed by atoms with van der Waals surface area (Å²) in [6, 6.07) is 6.64. The van der Waals surface area contributed by atoms with Crippen LogP contribution in [0.25, 0.3) is 0 Å². The quantitative estimate of drug-likeness (QED) is 0.708. The lowest BCUT2D eigenvalue weighted by atomic mass is 10.2. The SMILES string of the molecule is C.O=CC1CN=C(c2ccccc2O)N1. The van der Waals surface area contributed by atoms with Gasteiger partial charge in [0.2, 0.25) is 0 Å². The summed E-state index contributed by atoms with van der Waals surface area (Å²) in [5, 5.41) is 12.4. The lowest BCUT2D eigenvalue weighted by Gasteiger charge is -2.06. The number of amidine groups is 1. The maximum atomic E-state index is 10.5. The predicted molar refractivity (Wildman–Crippen MR) is 59.2 cm³/mol. The molecule has 0 saturated heterocycles. The fourth-order valence-electron chi connectivity index (χ4n) is 1.37. The highest BCUT2D eigenvalue weighted by molar-refractivity contribution is 6.03. The Morgan fingerprint density at radius 1 is 1.47 bits per heavy atom. The maximum Gasteiger partial charge on any atom is 0.144 e. The molecule has 0 saturated carbocycles. The molecule has 0 spiro atoms. The molecule has 4 nitrogen and oxygen atoms in total. The lowest BCUT2D eigenvalue weighted by Crippen LogP contribution is -2.31. The Hall–Kier alpha value is -1.84. The van der Waals surface area contributed by atoms with E-state index in [-0.39, 0.29) is 19.2 Å². The number of aromatic hydroxyl groups is 1. The van der Waals surface area contributed by atoms with Crippen LogP contribution in [0.1, 0.15) is 13.0 Å². The second-order valence-corrected chi connectivity index (χ2v) is 3.09. The van der Waals surface area contributed by atoms with Gasteiger partial charge >= 0.3 is 0 Å². The molecule has 1 heterocycles. The Kier molecular flexibility index (Phi) is 3.44. The molecule has 1 aliphatic heterocycles. The number of benzene rings is 1. The number of carbonyl (C=O) groups is 1. The van der Waals surface area contributed by atoms with Crippen molar-refractivity contribution in [2.24, 2.45) is 4.99 Å². The zero-order valence-electron chi connectivity index (χ0n) is 7.47. The van der Waals surface area contributed by atoms with Crippen molar-refractivity contribution in [2.45, 2.75) is 13.5 Å². The summed E-state index contributed by atoms with van der Waals surface area (Å²) in [5.41, 5.74) is 0.636. The molecule has 80 valence electrons. The summed E-state index contributed by atoms with van der Waals surface area (Å²) >= 11 is 0. The highest BCUT2D eigenvalue weighted by Crippen LogP contribution is 2.17. The van der Waals surface area contributed by atoms with E-state index in [0.717, 1.165) is 6.29 Å². The number of phenolic OH excluding ortho intramolecular Hbond substituents is 1. The van der Waals surface area contributed by atoms with Crippen molar-refractivity contribution in [2.75, 3.05) is 6.54 Å². The maximum absolute atomic E-state index is 10.5. The normalized spacial score (nSPS) is 18.7. The molecule has 1 unspecified atom stereocenters. The summed E-state index contributed by atoms with van der Waals surface area (Å²) < 4.78 is 0. The summed E-state index contributed by atoms with van der Waals surface area (Å²) in [5.74, 6) is 0.755. The standard InChI is InChI=1S/C10H10N2O2.CH4/c13-6-7-5-11-10(12-7)8-3-1-2-4-9(8)14;/h1-4,6-7,14H,5H2,(H,11,12);1H4. The largest absolute Gasteiger partial charge is 0.507 e. The van der Waals surface area contributed by atoms with Crippen molar-refractivity contribution in [3.8, 4) is 5.75 Å². The highest BCUT2D eigenvalue weighted by Gasteiger charge is 2.19. The van der Waals surface area contributed by atoms with Gasteiger partial charge in [-0.15, -0.1) is 0 Å². The molecule has 4 heteroatoms. The van der Waals surface area contributed by atoms with Gasteiger partial charge in [0, 0.05) is 0 Å². The van der Waals surface area contributed by atoms with Gasteiger partial charge in [-0.05, 0) is 12.1 Å². The Morgan fingerprint density at radius 2 is 2.20 bits per heavy atom. The Labute approximate surface area is 88.7 Å². The van der Waals surface area contributed by atoms with Crippen molar-refractivity contribution < 1.29 is 9.90 Å². The molecular weight excluding hydrogens is 192 g/mol. The van der Waals surface area contributed by atoms with Crippen molar-refractivity contribution in [3.05, 3.63) is 29.8 Å². The van der Waals surface area contributed by atoms with Gasteiger partial charge in [-0.3, -0.25) is 4.99 Å². The first kappa shape index (κ1) is 11.2. The fraction of sp³-hybridized carbons (Fsp3) is 0.273. The van der Waals surface area contributed by atoms with Crippen LogP contribution < -0.4 is 5.32 Å². The Bertz CT molecular complexity index is 388. The second-order valence-electron chi connectivity index (χ2n) is 3.09. The van der Waals surface area contributed by atoms with Crippen LogP contribution in [0.15, 0.2) is 29.3 Å². The van der Waals surface area contributed by atoms with E-state index in [1.54, 1.807) is 18.2 Å².